The van der Waals surface area contributed by atoms with Crippen LogP contribution in [0, 0.1) is 12.8 Å². The zero-order chi connectivity index (χ0) is 13.2. The van der Waals surface area contributed by atoms with Crippen LogP contribution in [-0.2, 0) is 14.8 Å². The van der Waals surface area contributed by atoms with Crippen molar-refractivity contribution in [2.45, 2.75) is 24.7 Å². The monoisotopic (exact) mass is 267 g/mol. The number of benzene rings is 1. The molecule has 1 heterocycles. The molecule has 0 aliphatic carbocycles. The number of rotatable bonds is 3. The standard InChI is InChI=1S/C13H17NO3S/c1-11-4-6-13(7-5-11)18(16,17)14-8-2-3-12(9-14)10-15/h4-7,10,12H,2-3,8-9H2,1H3. The fourth-order valence-corrected chi connectivity index (χ4v) is 3.70. The summed E-state index contributed by atoms with van der Waals surface area (Å²) in [6.07, 6.45) is 2.38. The fourth-order valence-electron chi connectivity index (χ4n) is 2.16. The van der Waals surface area contributed by atoms with Crippen molar-refractivity contribution in [2.75, 3.05) is 13.1 Å². The Hall–Kier alpha value is -1.20. The average molecular weight is 267 g/mol. The van der Waals surface area contributed by atoms with Crippen molar-refractivity contribution in [1.29, 1.82) is 0 Å². The summed E-state index contributed by atoms with van der Waals surface area (Å²) in [6, 6.07) is 6.81. The molecule has 98 valence electrons. The molecule has 1 aliphatic rings. The molecule has 0 radical (unpaired) electrons. The Balaban J connectivity index is 2.25. The molecular formula is C13H17NO3S. The van der Waals surface area contributed by atoms with E-state index < -0.39 is 10.0 Å². The molecule has 1 saturated heterocycles. The molecule has 2 rings (SSSR count). The minimum Gasteiger partial charge on any atom is -0.303 e. The van der Waals surface area contributed by atoms with Crippen LogP contribution in [0.15, 0.2) is 29.2 Å². The Morgan fingerprint density at radius 3 is 2.56 bits per heavy atom. The largest absolute Gasteiger partial charge is 0.303 e. The molecule has 18 heavy (non-hydrogen) atoms. The first kappa shape index (κ1) is 13.2. The topological polar surface area (TPSA) is 54.5 Å². The minimum absolute atomic E-state index is 0.168. The molecule has 1 atom stereocenters. The van der Waals surface area contributed by atoms with Crippen molar-refractivity contribution in [3.8, 4) is 0 Å². The molecule has 5 heteroatoms. The van der Waals surface area contributed by atoms with Gasteiger partial charge >= 0.3 is 0 Å². The summed E-state index contributed by atoms with van der Waals surface area (Å²) in [6.45, 7) is 2.72. The number of aldehydes is 1. The number of hydrogen-bond donors (Lipinski definition) is 0. The molecule has 1 aromatic carbocycles. The molecule has 0 amide bonds. The molecule has 0 aromatic heterocycles. The van der Waals surface area contributed by atoms with Gasteiger partial charge in [-0.2, -0.15) is 4.31 Å². The molecule has 0 spiro atoms. The lowest BCUT2D eigenvalue weighted by atomic mass is 10.0. The van der Waals surface area contributed by atoms with Crippen LogP contribution in [0.2, 0.25) is 0 Å². The highest BCUT2D eigenvalue weighted by atomic mass is 32.2. The van der Waals surface area contributed by atoms with Crippen molar-refractivity contribution >= 4 is 16.3 Å². The third-order valence-electron chi connectivity index (χ3n) is 3.27. The average Bonchev–Trinajstić information content (AvgIpc) is 2.39. The van der Waals surface area contributed by atoms with E-state index in [0.29, 0.717) is 18.0 Å². The predicted molar refractivity (Wildman–Crippen MR) is 68.7 cm³/mol. The summed E-state index contributed by atoms with van der Waals surface area (Å²) in [5.74, 6) is -0.168. The van der Waals surface area contributed by atoms with Gasteiger partial charge in [0.05, 0.1) is 4.90 Å². The van der Waals surface area contributed by atoms with Crippen LogP contribution in [0.4, 0.5) is 0 Å². The van der Waals surface area contributed by atoms with Gasteiger partial charge in [-0.3, -0.25) is 0 Å². The fraction of sp³-hybridized carbons (Fsp3) is 0.462. The van der Waals surface area contributed by atoms with Crippen LogP contribution in [0.5, 0.6) is 0 Å². The summed E-state index contributed by atoms with van der Waals surface area (Å²) >= 11 is 0. The maximum atomic E-state index is 12.4. The van der Waals surface area contributed by atoms with Gasteiger partial charge in [0.1, 0.15) is 6.29 Å². The number of carbonyl (C=O) groups is 1. The summed E-state index contributed by atoms with van der Waals surface area (Å²) in [4.78, 5) is 11.1. The smallest absolute Gasteiger partial charge is 0.243 e. The van der Waals surface area contributed by atoms with Crippen LogP contribution in [0.3, 0.4) is 0 Å². The van der Waals surface area contributed by atoms with Crippen LogP contribution < -0.4 is 0 Å². The summed E-state index contributed by atoms with van der Waals surface area (Å²) in [7, 11) is -3.45. The third kappa shape index (κ3) is 2.62. The van der Waals surface area contributed by atoms with Gasteiger partial charge in [-0.15, -0.1) is 0 Å². The van der Waals surface area contributed by atoms with E-state index in [1.54, 1.807) is 24.3 Å². The zero-order valence-corrected chi connectivity index (χ0v) is 11.2. The van der Waals surface area contributed by atoms with Crippen molar-refractivity contribution < 1.29 is 13.2 Å². The van der Waals surface area contributed by atoms with E-state index in [0.717, 1.165) is 24.7 Å². The number of piperidine rings is 1. The normalized spacial score (nSPS) is 21.7. The molecule has 1 aromatic rings. The first-order valence-corrected chi connectivity index (χ1v) is 7.50. The molecule has 0 N–H and O–H groups in total. The molecule has 4 nitrogen and oxygen atoms in total. The van der Waals surface area contributed by atoms with Gasteiger partial charge < -0.3 is 4.79 Å². The minimum atomic E-state index is -3.45. The molecule has 1 unspecified atom stereocenters. The van der Waals surface area contributed by atoms with Crippen LogP contribution in [-0.4, -0.2) is 32.1 Å². The van der Waals surface area contributed by atoms with Gasteiger partial charge in [0.15, 0.2) is 0 Å². The van der Waals surface area contributed by atoms with Crippen molar-refractivity contribution in [1.82, 2.24) is 4.31 Å². The van der Waals surface area contributed by atoms with Gasteiger partial charge in [-0.1, -0.05) is 17.7 Å². The first-order chi connectivity index (χ1) is 8.54. The molecule has 0 bridgehead atoms. The first-order valence-electron chi connectivity index (χ1n) is 6.06. The van der Waals surface area contributed by atoms with E-state index in [1.807, 2.05) is 6.92 Å². The lowest BCUT2D eigenvalue weighted by Crippen LogP contribution is -2.40. The predicted octanol–water partition coefficient (Wildman–Crippen LogP) is 1.59. The summed E-state index contributed by atoms with van der Waals surface area (Å²) in [5, 5.41) is 0. The van der Waals surface area contributed by atoms with Crippen molar-refractivity contribution in [3.05, 3.63) is 29.8 Å². The highest BCUT2D eigenvalue weighted by Gasteiger charge is 2.29. The highest BCUT2D eigenvalue weighted by molar-refractivity contribution is 7.89. The van der Waals surface area contributed by atoms with Gasteiger partial charge in [0.25, 0.3) is 0 Å². The van der Waals surface area contributed by atoms with Crippen LogP contribution in [0.1, 0.15) is 18.4 Å². The molecule has 0 saturated carbocycles. The second-order valence-corrected chi connectivity index (χ2v) is 6.65. The Morgan fingerprint density at radius 1 is 1.28 bits per heavy atom. The molecular weight excluding hydrogens is 250 g/mol. The SMILES string of the molecule is Cc1ccc(S(=O)(=O)N2CCCC(C=O)C2)cc1. The number of aryl methyl sites for hydroxylation is 1. The van der Waals surface area contributed by atoms with E-state index >= 15 is 0 Å². The quantitative estimate of drug-likeness (QED) is 0.782. The number of carbonyl (C=O) groups excluding carboxylic acids is 1. The molecule has 1 fully saturated rings. The Labute approximate surface area is 108 Å². The summed E-state index contributed by atoms with van der Waals surface area (Å²) < 4.78 is 26.2. The number of nitrogens with zero attached hydrogens (tertiary/aromatic N) is 1. The second-order valence-electron chi connectivity index (χ2n) is 4.71. The van der Waals surface area contributed by atoms with Crippen molar-refractivity contribution in [3.63, 3.8) is 0 Å². The van der Waals surface area contributed by atoms with Crippen LogP contribution in [0.25, 0.3) is 0 Å². The lowest BCUT2D eigenvalue weighted by molar-refractivity contribution is -0.112. The van der Waals surface area contributed by atoms with Gasteiger partial charge in [0.2, 0.25) is 10.0 Å². The van der Waals surface area contributed by atoms with E-state index in [1.165, 1.54) is 4.31 Å². The van der Waals surface area contributed by atoms with Gasteiger partial charge in [-0.05, 0) is 31.9 Å². The Kier molecular flexibility index (Phi) is 3.82. The van der Waals surface area contributed by atoms with E-state index in [9.17, 15) is 13.2 Å². The Bertz CT molecular complexity index is 522. The van der Waals surface area contributed by atoms with E-state index in [-0.39, 0.29) is 5.92 Å². The van der Waals surface area contributed by atoms with E-state index in [2.05, 4.69) is 0 Å². The zero-order valence-electron chi connectivity index (χ0n) is 10.4. The maximum Gasteiger partial charge on any atom is 0.243 e. The lowest BCUT2D eigenvalue weighted by Gasteiger charge is -2.29. The number of hydrogen-bond acceptors (Lipinski definition) is 3. The second kappa shape index (κ2) is 5.20. The van der Waals surface area contributed by atoms with Crippen LogP contribution >= 0.6 is 0 Å². The highest BCUT2D eigenvalue weighted by Crippen LogP contribution is 2.22. The van der Waals surface area contributed by atoms with Crippen molar-refractivity contribution in [2.24, 2.45) is 5.92 Å². The Morgan fingerprint density at radius 2 is 1.94 bits per heavy atom. The molecule has 1 aliphatic heterocycles. The van der Waals surface area contributed by atoms with E-state index in [4.69, 9.17) is 0 Å². The maximum absolute atomic E-state index is 12.4. The third-order valence-corrected chi connectivity index (χ3v) is 5.15. The van der Waals surface area contributed by atoms with Gasteiger partial charge in [-0.25, -0.2) is 8.42 Å². The number of sulfonamides is 1. The van der Waals surface area contributed by atoms with Gasteiger partial charge in [0, 0.05) is 19.0 Å². The summed E-state index contributed by atoms with van der Waals surface area (Å²) in [5.41, 5.74) is 1.03.